The van der Waals surface area contributed by atoms with E-state index in [2.05, 4.69) is 223 Å². The summed E-state index contributed by atoms with van der Waals surface area (Å²) in [5, 5.41) is 12.1. The van der Waals surface area contributed by atoms with Gasteiger partial charge in [0.15, 0.2) is 0 Å². The molecule has 0 aliphatic rings. The monoisotopic (exact) mass is 763 g/mol. The number of hydrogen-bond acceptors (Lipinski definition) is 2. The SMILES string of the molecule is c1ccc(-c2ccc(-c3ccc(N(c4ccccc4-c4ccc5c6ccccc6c6c(ccc7oc8ccccc8c76)c5c4)c4cccc5ccccc45)cc3)cc2)cc1. The zero-order chi connectivity index (χ0) is 39.6. The molecule has 0 radical (unpaired) electrons. The van der Waals surface area contributed by atoms with Gasteiger partial charge in [-0.1, -0.05) is 176 Å². The summed E-state index contributed by atoms with van der Waals surface area (Å²) in [6, 6.07) is 81.2. The summed E-state index contributed by atoms with van der Waals surface area (Å²) >= 11 is 0. The van der Waals surface area contributed by atoms with Crippen LogP contribution in [0.3, 0.4) is 0 Å². The molecule has 1 heterocycles. The Kier molecular flexibility index (Phi) is 7.89. The second kappa shape index (κ2) is 13.9. The molecule has 11 aromatic carbocycles. The Labute approximate surface area is 347 Å². The maximum Gasteiger partial charge on any atom is 0.136 e. The first-order chi connectivity index (χ1) is 29.8. The largest absolute Gasteiger partial charge is 0.456 e. The van der Waals surface area contributed by atoms with Crippen molar-refractivity contribution in [2.45, 2.75) is 0 Å². The highest BCUT2D eigenvalue weighted by atomic mass is 16.3. The molecule has 0 bridgehead atoms. The van der Waals surface area contributed by atoms with Crippen LogP contribution in [0.4, 0.5) is 17.1 Å². The third-order valence-corrected chi connectivity index (χ3v) is 12.3. The zero-order valence-corrected chi connectivity index (χ0v) is 32.7. The predicted molar refractivity (Wildman–Crippen MR) is 255 cm³/mol. The first-order valence-corrected chi connectivity index (χ1v) is 20.6. The van der Waals surface area contributed by atoms with Crippen LogP contribution in [0.5, 0.6) is 0 Å². The second-order valence-corrected chi connectivity index (χ2v) is 15.6. The maximum atomic E-state index is 6.42. The molecular weight excluding hydrogens is 727 g/mol. The Morgan fingerprint density at radius 2 is 0.817 bits per heavy atom. The standard InChI is InChI=1S/C58H37NO/c1-2-13-38(14-3-1)39-25-27-40(28-26-39)41-29-32-44(33-30-41)59(54-23-12-16-42-15-4-5-17-45(42)54)53-22-10-8-18-46(53)43-31-34-48-47-19-6-7-20-49(47)57-50(52(48)37-43)35-36-56-58(57)51-21-9-11-24-55(51)60-56/h1-37H. The van der Waals surface area contributed by atoms with Gasteiger partial charge in [0, 0.05) is 32.8 Å². The molecular formula is C58H37NO. The minimum Gasteiger partial charge on any atom is -0.456 e. The number of hydrogen-bond donors (Lipinski definition) is 0. The first-order valence-electron chi connectivity index (χ1n) is 20.6. The lowest BCUT2D eigenvalue weighted by Crippen LogP contribution is -2.11. The molecule has 0 spiro atoms. The van der Waals surface area contributed by atoms with Crippen LogP contribution in [-0.4, -0.2) is 0 Å². The molecule has 2 nitrogen and oxygen atoms in total. The molecule has 2 heteroatoms. The second-order valence-electron chi connectivity index (χ2n) is 15.6. The lowest BCUT2D eigenvalue weighted by molar-refractivity contribution is 0.669. The minimum atomic E-state index is 0.911. The molecule has 0 atom stereocenters. The topological polar surface area (TPSA) is 16.4 Å². The van der Waals surface area contributed by atoms with Gasteiger partial charge in [0.1, 0.15) is 11.2 Å². The number of fused-ring (bicyclic) bond motifs is 11. The van der Waals surface area contributed by atoms with Crippen molar-refractivity contribution in [1.82, 2.24) is 0 Å². The van der Waals surface area contributed by atoms with Crippen molar-refractivity contribution in [3.63, 3.8) is 0 Å². The molecule has 60 heavy (non-hydrogen) atoms. The zero-order valence-electron chi connectivity index (χ0n) is 32.7. The van der Waals surface area contributed by atoms with Gasteiger partial charge in [-0.2, -0.15) is 0 Å². The summed E-state index contributed by atoms with van der Waals surface area (Å²) in [6.07, 6.45) is 0. The summed E-state index contributed by atoms with van der Waals surface area (Å²) in [5.41, 5.74) is 12.3. The Morgan fingerprint density at radius 1 is 0.283 bits per heavy atom. The number of benzene rings is 11. The van der Waals surface area contributed by atoms with Crippen molar-refractivity contribution >= 4 is 82.1 Å². The summed E-state index contributed by atoms with van der Waals surface area (Å²) in [4.78, 5) is 2.43. The van der Waals surface area contributed by atoms with Gasteiger partial charge in [0.05, 0.1) is 11.4 Å². The van der Waals surface area contributed by atoms with E-state index in [0.29, 0.717) is 0 Å². The van der Waals surface area contributed by atoms with Crippen LogP contribution in [0.15, 0.2) is 229 Å². The molecule has 12 rings (SSSR count). The Morgan fingerprint density at radius 3 is 1.62 bits per heavy atom. The van der Waals surface area contributed by atoms with E-state index in [-0.39, 0.29) is 0 Å². The Hall–Kier alpha value is -7.94. The fraction of sp³-hybridized carbons (Fsp3) is 0. The quantitative estimate of drug-likeness (QED) is 0.157. The lowest BCUT2D eigenvalue weighted by Gasteiger charge is -2.29. The van der Waals surface area contributed by atoms with E-state index in [4.69, 9.17) is 4.42 Å². The van der Waals surface area contributed by atoms with E-state index in [1.807, 2.05) is 6.07 Å². The van der Waals surface area contributed by atoms with Gasteiger partial charge in [0.2, 0.25) is 0 Å². The lowest BCUT2D eigenvalue weighted by atomic mass is 9.90. The van der Waals surface area contributed by atoms with Crippen LogP contribution >= 0.6 is 0 Å². The average Bonchev–Trinajstić information content (AvgIpc) is 3.71. The first kappa shape index (κ1) is 34.1. The highest BCUT2D eigenvalue weighted by Crippen LogP contribution is 2.47. The number of anilines is 3. The molecule has 1 aromatic heterocycles. The van der Waals surface area contributed by atoms with Crippen molar-refractivity contribution in [1.29, 1.82) is 0 Å². The highest BCUT2D eigenvalue weighted by molar-refractivity contribution is 6.34. The molecule has 280 valence electrons. The van der Waals surface area contributed by atoms with Crippen molar-refractivity contribution < 1.29 is 4.42 Å². The van der Waals surface area contributed by atoms with Crippen molar-refractivity contribution in [3.05, 3.63) is 224 Å². The van der Waals surface area contributed by atoms with Gasteiger partial charge in [-0.05, 0) is 109 Å². The van der Waals surface area contributed by atoms with Gasteiger partial charge in [-0.15, -0.1) is 0 Å². The van der Waals surface area contributed by atoms with Gasteiger partial charge < -0.3 is 9.32 Å². The molecule has 0 amide bonds. The van der Waals surface area contributed by atoms with Crippen molar-refractivity contribution in [2.24, 2.45) is 0 Å². The fourth-order valence-electron chi connectivity index (χ4n) is 9.44. The van der Waals surface area contributed by atoms with Gasteiger partial charge in [-0.3, -0.25) is 0 Å². The summed E-state index contributed by atoms with van der Waals surface area (Å²) in [7, 11) is 0. The van der Waals surface area contributed by atoms with Crippen LogP contribution in [0.25, 0.3) is 98.4 Å². The number of furan rings is 1. The Balaban J connectivity index is 1.04. The molecule has 12 aromatic rings. The summed E-state index contributed by atoms with van der Waals surface area (Å²) < 4.78 is 6.42. The van der Waals surface area contributed by atoms with E-state index < -0.39 is 0 Å². The third-order valence-electron chi connectivity index (χ3n) is 12.3. The molecule has 0 aliphatic heterocycles. The molecule has 0 saturated carbocycles. The summed E-state index contributed by atoms with van der Waals surface area (Å²) in [6.45, 7) is 0. The predicted octanol–water partition coefficient (Wildman–Crippen LogP) is 16.7. The van der Waals surface area contributed by atoms with Crippen LogP contribution in [-0.2, 0) is 0 Å². The highest BCUT2D eigenvalue weighted by Gasteiger charge is 2.21. The Bertz CT molecular complexity index is 3580. The minimum absolute atomic E-state index is 0.911. The number of rotatable bonds is 6. The van der Waals surface area contributed by atoms with Crippen molar-refractivity contribution in [3.8, 4) is 33.4 Å². The maximum absolute atomic E-state index is 6.42. The molecule has 0 unspecified atom stereocenters. The van der Waals surface area contributed by atoms with Crippen molar-refractivity contribution in [2.75, 3.05) is 4.90 Å². The van der Waals surface area contributed by atoms with E-state index >= 15 is 0 Å². The van der Waals surface area contributed by atoms with E-state index in [1.165, 1.54) is 70.7 Å². The average molecular weight is 764 g/mol. The normalized spacial score (nSPS) is 11.7. The van der Waals surface area contributed by atoms with E-state index in [9.17, 15) is 0 Å². The van der Waals surface area contributed by atoms with Crippen LogP contribution in [0, 0.1) is 0 Å². The summed E-state index contributed by atoms with van der Waals surface area (Å²) in [5.74, 6) is 0. The van der Waals surface area contributed by atoms with E-state index in [1.54, 1.807) is 0 Å². The van der Waals surface area contributed by atoms with E-state index in [0.717, 1.165) is 44.7 Å². The third kappa shape index (κ3) is 5.50. The van der Waals surface area contributed by atoms with Crippen LogP contribution in [0.1, 0.15) is 0 Å². The van der Waals surface area contributed by atoms with Gasteiger partial charge >= 0.3 is 0 Å². The molecule has 0 saturated heterocycles. The number of para-hydroxylation sites is 2. The van der Waals surface area contributed by atoms with Crippen LogP contribution < -0.4 is 4.90 Å². The fourth-order valence-corrected chi connectivity index (χ4v) is 9.44. The number of nitrogens with zero attached hydrogens (tertiary/aromatic N) is 1. The molecule has 0 N–H and O–H groups in total. The van der Waals surface area contributed by atoms with Crippen LogP contribution in [0.2, 0.25) is 0 Å². The molecule has 0 fully saturated rings. The smallest absolute Gasteiger partial charge is 0.136 e. The van der Waals surface area contributed by atoms with Gasteiger partial charge in [0.25, 0.3) is 0 Å². The molecule has 0 aliphatic carbocycles. The van der Waals surface area contributed by atoms with Gasteiger partial charge in [-0.25, -0.2) is 0 Å².